The van der Waals surface area contributed by atoms with Crippen molar-refractivity contribution in [1.82, 2.24) is 4.98 Å². The van der Waals surface area contributed by atoms with E-state index in [0.717, 1.165) is 29.9 Å². The molecule has 0 saturated carbocycles. The summed E-state index contributed by atoms with van der Waals surface area (Å²) in [6.07, 6.45) is 3.20. The zero-order chi connectivity index (χ0) is 11.8. The number of pyridine rings is 1. The molecule has 1 aliphatic rings. The maximum absolute atomic E-state index is 11.7. The lowest BCUT2D eigenvalue weighted by molar-refractivity contribution is 0.0981. The van der Waals surface area contributed by atoms with Gasteiger partial charge in [-0.05, 0) is 12.5 Å². The van der Waals surface area contributed by atoms with Crippen LogP contribution in [0, 0.1) is 0 Å². The largest absolute Gasteiger partial charge is 0.383 e. The van der Waals surface area contributed by atoms with Gasteiger partial charge in [-0.3, -0.25) is 9.78 Å². The first kappa shape index (κ1) is 11.1. The van der Waals surface area contributed by atoms with Gasteiger partial charge < -0.3 is 5.32 Å². The van der Waals surface area contributed by atoms with Crippen molar-refractivity contribution in [3.05, 3.63) is 23.5 Å². The molecule has 0 aliphatic carbocycles. The number of nitrogens with zero attached hydrogens (tertiary/aromatic N) is 1. The SMILES string of the molecule is CCCC(=O)c1cnc2c(c1)NCC2(C)C. The van der Waals surface area contributed by atoms with Crippen molar-refractivity contribution < 1.29 is 4.79 Å². The molecule has 0 aromatic carbocycles. The fraction of sp³-hybridized carbons (Fsp3) is 0.538. The predicted molar refractivity (Wildman–Crippen MR) is 65.0 cm³/mol. The molecule has 86 valence electrons. The van der Waals surface area contributed by atoms with E-state index < -0.39 is 0 Å². The van der Waals surface area contributed by atoms with Gasteiger partial charge in [0.2, 0.25) is 0 Å². The van der Waals surface area contributed by atoms with Crippen LogP contribution in [-0.4, -0.2) is 17.3 Å². The Morgan fingerprint density at radius 2 is 2.31 bits per heavy atom. The number of Topliss-reactive ketones (excluding diaryl/α,β-unsaturated/α-hetero) is 1. The summed E-state index contributed by atoms with van der Waals surface area (Å²) in [7, 11) is 0. The van der Waals surface area contributed by atoms with Gasteiger partial charge in [0.15, 0.2) is 5.78 Å². The Hall–Kier alpha value is -1.38. The number of carbonyl (C=O) groups excluding carboxylic acids is 1. The van der Waals surface area contributed by atoms with Crippen molar-refractivity contribution in [3.63, 3.8) is 0 Å². The summed E-state index contributed by atoms with van der Waals surface area (Å²) in [5.74, 6) is 0.185. The second-order valence-electron chi connectivity index (χ2n) is 5.03. The number of nitrogens with one attached hydrogen (secondary N) is 1. The molecule has 0 spiro atoms. The van der Waals surface area contributed by atoms with Crippen molar-refractivity contribution in [2.75, 3.05) is 11.9 Å². The highest BCUT2D eigenvalue weighted by molar-refractivity contribution is 5.96. The maximum atomic E-state index is 11.7. The molecule has 0 amide bonds. The van der Waals surface area contributed by atoms with Crippen LogP contribution in [0.15, 0.2) is 12.3 Å². The zero-order valence-electron chi connectivity index (χ0n) is 10.1. The first-order chi connectivity index (χ1) is 7.54. The topological polar surface area (TPSA) is 42.0 Å². The Labute approximate surface area is 96.3 Å². The van der Waals surface area contributed by atoms with Crippen LogP contribution in [-0.2, 0) is 5.41 Å². The van der Waals surface area contributed by atoms with Gasteiger partial charge in [0, 0.05) is 30.1 Å². The van der Waals surface area contributed by atoms with Crippen molar-refractivity contribution in [2.45, 2.75) is 39.0 Å². The van der Waals surface area contributed by atoms with Gasteiger partial charge in [0.25, 0.3) is 0 Å². The number of aromatic nitrogens is 1. The van der Waals surface area contributed by atoms with Crippen LogP contribution in [0.25, 0.3) is 0 Å². The summed E-state index contributed by atoms with van der Waals surface area (Å²) in [6.45, 7) is 7.22. The number of hydrogen-bond donors (Lipinski definition) is 1. The van der Waals surface area contributed by atoms with E-state index in [2.05, 4.69) is 24.1 Å². The van der Waals surface area contributed by atoms with E-state index in [0.29, 0.717) is 6.42 Å². The van der Waals surface area contributed by atoms with Crippen molar-refractivity contribution in [3.8, 4) is 0 Å². The first-order valence-electron chi connectivity index (χ1n) is 5.82. The molecule has 0 atom stereocenters. The fourth-order valence-electron chi connectivity index (χ4n) is 2.06. The molecule has 0 fully saturated rings. The van der Waals surface area contributed by atoms with Crippen LogP contribution in [0.2, 0.25) is 0 Å². The molecule has 3 heteroatoms. The lowest BCUT2D eigenvalue weighted by Gasteiger charge is -2.15. The van der Waals surface area contributed by atoms with Gasteiger partial charge in [-0.25, -0.2) is 0 Å². The summed E-state index contributed by atoms with van der Waals surface area (Å²) in [4.78, 5) is 16.2. The normalized spacial score (nSPS) is 16.7. The minimum absolute atomic E-state index is 0.0711. The molecule has 2 heterocycles. The molecule has 0 unspecified atom stereocenters. The quantitative estimate of drug-likeness (QED) is 0.793. The summed E-state index contributed by atoms with van der Waals surface area (Å²) < 4.78 is 0. The van der Waals surface area contributed by atoms with E-state index in [1.165, 1.54) is 0 Å². The third-order valence-electron chi connectivity index (χ3n) is 3.05. The van der Waals surface area contributed by atoms with Crippen LogP contribution in [0.4, 0.5) is 5.69 Å². The number of fused-ring (bicyclic) bond motifs is 1. The van der Waals surface area contributed by atoms with Gasteiger partial charge in [0.05, 0.1) is 11.4 Å². The summed E-state index contributed by atoms with van der Waals surface area (Å²) in [5.41, 5.74) is 2.89. The molecule has 16 heavy (non-hydrogen) atoms. The molecule has 0 saturated heterocycles. The number of hydrogen-bond acceptors (Lipinski definition) is 3. The van der Waals surface area contributed by atoms with E-state index in [1.54, 1.807) is 6.20 Å². The number of rotatable bonds is 3. The Morgan fingerprint density at radius 3 is 3.00 bits per heavy atom. The molecule has 2 rings (SSSR count). The minimum Gasteiger partial charge on any atom is -0.383 e. The standard InChI is InChI=1S/C13H18N2O/c1-4-5-11(16)9-6-10-12(14-7-9)13(2,3)8-15-10/h6-7,15H,4-5,8H2,1-3H3. The predicted octanol–water partition coefficient (Wildman–Crippen LogP) is 2.77. The smallest absolute Gasteiger partial charge is 0.164 e. The van der Waals surface area contributed by atoms with Gasteiger partial charge in [-0.2, -0.15) is 0 Å². The van der Waals surface area contributed by atoms with Gasteiger partial charge in [0.1, 0.15) is 0 Å². The molecule has 0 radical (unpaired) electrons. The van der Waals surface area contributed by atoms with Crippen molar-refractivity contribution in [2.24, 2.45) is 0 Å². The first-order valence-corrected chi connectivity index (χ1v) is 5.82. The van der Waals surface area contributed by atoms with Crippen LogP contribution in [0.1, 0.15) is 49.7 Å². The number of ketones is 1. The highest BCUT2D eigenvalue weighted by Crippen LogP contribution is 2.34. The third-order valence-corrected chi connectivity index (χ3v) is 3.05. The molecule has 3 nitrogen and oxygen atoms in total. The van der Waals surface area contributed by atoms with Crippen molar-refractivity contribution >= 4 is 11.5 Å². The average Bonchev–Trinajstić information content (AvgIpc) is 2.55. The second kappa shape index (κ2) is 3.89. The summed E-state index contributed by atoms with van der Waals surface area (Å²) >= 11 is 0. The van der Waals surface area contributed by atoms with Crippen molar-refractivity contribution in [1.29, 1.82) is 0 Å². The Morgan fingerprint density at radius 1 is 1.56 bits per heavy atom. The number of anilines is 1. The van der Waals surface area contributed by atoms with Crippen LogP contribution < -0.4 is 5.32 Å². The fourth-order valence-corrected chi connectivity index (χ4v) is 2.06. The van der Waals surface area contributed by atoms with E-state index in [-0.39, 0.29) is 11.2 Å². The Bertz CT molecular complexity index is 424. The molecular weight excluding hydrogens is 200 g/mol. The van der Waals surface area contributed by atoms with Crippen LogP contribution in [0.3, 0.4) is 0 Å². The zero-order valence-corrected chi connectivity index (χ0v) is 10.1. The minimum atomic E-state index is 0.0711. The third kappa shape index (κ3) is 1.82. The molecule has 0 bridgehead atoms. The molecule has 1 aliphatic heterocycles. The molecule has 1 aromatic rings. The van der Waals surface area contributed by atoms with E-state index in [1.807, 2.05) is 13.0 Å². The molecular formula is C13H18N2O. The lowest BCUT2D eigenvalue weighted by atomic mass is 9.91. The van der Waals surface area contributed by atoms with E-state index >= 15 is 0 Å². The van der Waals surface area contributed by atoms with Gasteiger partial charge >= 0.3 is 0 Å². The molecule has 1 N–H and O–H groups in total. The lowest BCUT2D eigenvalue weighted by Crippen LogP contribution is -2.20. The van der Waals surface area contributed by atoms with E-state index in [9.17, 15) is 4.79 Å². The Balaban J connectivity index is 2.32. The second-order valence-corrected chi connectivity index (χ2v) is 5.03. The van der Waals surface area contributed by atoms with Gasteiger partial charge in [-0.1, -0.05) is 20.8 Å². The monoisotopic (exact) mass is 218 g/mol. The van der Waals surface area contributed by atoms with Crippen LogP contribution >= 0.6 is 0 Å². The summed E-state index contributed by atoms with van der Waals surface area (Å²) in [6, 6.07) is 1.94. The van der Waals surface area contributed by atoms with Crippen LogP contribution in [0.5, 0.6) is 0 Å². The maximum Gasteiger partial charge on any atom is 0.164 e. The highest BCUT2D eigenvalue weighted by Gasteiger charge is 2.31. The molecule has 1 aromatic heterocycles. The summed E-state index contributed by atoms with van der Waals surface area (Å²) in [5, 5.41) is 3.31. The van der Waals surface area contributed by atoms with E-state index in [4.69, 9.17) is 0 Å². The highest BCUT2D eigenvalue weighted by atomic mass is 16.1. The number of carbonyl (C=O) groups is 1. The van der Waals surface area contributed by atoms with Gasteiger partial charge in [-0.15, -0.1) is 0 Å². The average molecular weight is 218 g/mol. The Kier molecular flexibility index (Phi) is 2.70.